The van der Waals surface area contributed by atoms with Crippen molar-refractivity contribution in [2.24, 2.45) is 0 Å². The van der Waals surface area contributed by atoms with Crippen LogP contribution in [0.1, 0.15) is 28.9 Å². The highest BCUT2D eigenvalue weighted by Gasteiger charge is 2.21. The van der Waals surface area contributed by atoms with Crippen molar-refractivity contribution in [3.05, 3.63) is 53.4 Å². The molecule has 2 aromatic heterocycles. The second-order valence-electron chi connectivity index (χ2n) is 6.22. The normalized spacial score (nSPS) is 19.0. The molecule has 0 saturated carbocycles. The molecule has 2 aromatic rings. The van der Waals surface area contributed by atoms with E-state index >= 15 is 0 Å². The van der Waals surface area contributed by atoms with Crippen molar-refractivity contribution < 1.29 is 4.74 Å². The van der Waals surface area contributed by atoms with Crippen LogP contribution in [-0.2, 0) is 17.7 Å². The van der Waals surface area contributed by atoms with Gasteiger partial charge in [0.15, 0.2) is 0 Å². The molecule has 0 N–H and O–H groups in total. The summed E-state index contributed by atoms with van der Waals surface area (Å²) in [6.07, 6.45) is 7.67. The maximum absolute atomic E-state index is 5.93. The zero-order valence-corrected chi connectivity index (χ0v) is 13.9. The Balaban J connectivity index is 1.53. The molecule has 1 fully saturated rings. The number of hydrogen-bond acceptors (Lipinski definition) is 5. The third-order valence-electron chi connectivity index (χ3n) is 4.34. The smallest absolute Gasteiger partial charge is 0.115 e. The summed E-state index contributed by atoms with van der Waals surface area (Å²) < 4.78 is 5.93. The minimum Gasteiger partial charge on any atom is -0.376 e. The number of ether oxygens (including phenoxy) is 1. The summed E-state index contributed by atoms with van der Waals surface area (Å²) in [4.78, 5) is 15.1. The molecule has 0 radical (unpaired) electrons. The van der Waals surface area contributed by atoms with Crippen molar-refractivity contribution in [2.45, 2.75) is 39.3 Å². The fourth-order valence-corrected chi connectivity index (χ4v) is 2.97. The summed E-state index contributed by atoms with van der Waals surface area (Å²) in [7, 11) is 0. The van der Waals surface area contributed by atoms with E-state index in [0.29, 0.717) is 0 Å². The molecule has 3 rings (SSSR count). The van der Waals surface area contributed by atoms with Gasteiger partial charge in [-0.25, -0.2) is 9.97 Å². The highest BCUT2D eigenvalue weighted by atomic mass is 16.5. The lowest BCUT2D eigenvalue weighted by atomic mass is 10.1. The van der Waals surface area contributed by atoms with Crippen LogP contribution in [0.25, 0.3) is 0 Å². The van der Waals surface area contributed by atoms with E-state index in [-0.39, 0.29) is 6.10 Å². The fraction of sp³-hybridized carbons (Fsp3) is 0.500. The number of hydrogen-bond donors (Lipinski definition) is 0. The first-order valence-corrected chi connectivity index (χ1v) is 8.21. The Labute approximate surface area is 137 Å². The van der Waals surface area contributed by atoms with Crippen molar-refractivity contribution >= 4 is 0 Å². The Morgan fingerprint density at radius 3 is 3.04 bits per heavy atom. The van der Waals surface area contributed by atoms with Gasteiger partial charge in [0, 0.05) is 43.4 Å². The minimum atomic E-state index is 0.279. The molecule has 122 valence electrons. The summed E-state index contributed by atoms with van der Waals surface area (Å²) >= 11 is 0. The second-order valence-corrected chi connectivity index (χ2v) is 6.22. The highest BCUT2D eigenvalue weighted by Crippen LogP contribution is 2.16. The Morgan fingerprint density at radius 2 is 2.22 bits per heavy atom. The topological polar surface area (TPSA) is 51.1 Å². The molecule has 1 aliphatic heterocycles. The van der Waals surface area contributed by atoms with Crippen LogP contribution in [0.4, 0.5) is 0 Å². The van der Waals surface area contributed by atoms with E-state index in [0.717, 1.165) is 50.5 Å². The van der Waals surface area contributed by atoms with Gasteiger partial charge in [-0.2, -0.15) is 0 Å². The van der Waals surface area contributed by atoms with Gasteiger partial charge in [-0.3, -0.25) is 9.88 Å². The van der Waals surface area contributed by atoms with Gasteiger partial charge in [0.2, 0.25) is 0 Å². The maximum atomic E-state index is 5.93. The van der Waals surface area contributed by atoms with Gasteiger partial charge in [0.05, 0.1) is 12.7 Å². The Bertz CT molecular complexity index is 646. The maximum Gasteiger partial charge on any atom is 0.115 e. The third-order valence-corrected chi connectivity index (χ3v) is 4.34. The van der Waals surface area contributed by atoms with Crippen LogP contribution in [0.3, 0.4) is 0 Å². The summed E-state index contributed by atoms with van der Waals surface area (Å²) in [5, 5.41) is 0. The number of rotatable bonds is 5. The predicted octanol–water partition coefficient (Wildman–Crippen LogP) is 2.32. The first-order chi connectivity index (χ1) is 11.2. The van der Waals surface area contributed by atoms with E-state index < -0.39 is 0 Å². The van der Waals surface area contributed by atoms with Crippen LogP contribution < -0.4 is 0 Å². The molecule has 0 aromatic carbocycles. The molecular formula is C18H24N4O. The van der Waals surface area contributed by atoms with Gasteiger partial charge in [-0.1, -0.05) is 0 Å². The van der Waals surface area contributed by atoms with Crippen LogP contribution >= 0.6 is 0 Å². The van der Waals surface area contributed by atoms with Crippen LogP contribution in [0, 0.1) is 13.8 Å². The molecule has 3 heterocycles. The minimum absolute atomic E-state index is 0.279. The van der Waals surface area contributed by atoms with Gasteiger partial charge >= 0.3 is 0 Å². The molecule has 0 spiro atoms. The zero-order valence-electron chi connectivity index (χ0n) is 13.9. The highest BCUT2D eigenvalue weighted by molar-refractivity contribution is 5.21. The lowest BCUT2D eigenvalue weighted by Gasteiger charge is -2.33. The van der Waals surface area contributed by atoms with Gasteiger partial charge in [-0.05, 0) is 49.9 Å². The van der Waals surface area contributed by atoms with Crippen molar-refractivity contribution in [1.29, 1.82) is 0 Å². The molecule has 1 aliphatic rings. The summed E-state index contributed by atoms with van der Waals surface area (Å²) in [5.74, 6) is 0. The van der Waals surface area contributed by atoms with E-state index in [4.69, 9.17) is 4.74 Å². The SMILES string of the molecule is Cc1cc(CCC2CN(Cc3ccncc3C)CCO2)ncn1. The van der Waals surface area contributed by atoms with E-state index in [1.54, 1.807) is 6.33 Å². The Morgan fingerprint density at radius 1 is 1.30 bits per heavy atom. The molecule has 0 bridgehead atoms. The summed E-state index contributed by atoms with van der Waals surface area (Å²) in [6.45, 7) is 7.87. The average molecular weight is 312 g/mol. The number of aromatic nitrogens is 3. The fourth-order valence-electron chi connectivity index (χ4n) is 2.97. The Hall–Kier alpha value is -1.85. The zero-order chi connectivity index (χ0) is 16.1. The van der Waals surface area contributed by atoms with E-state index in [2.05, 4.69) is 38.9 Å². The number of aryl methyl sites for hydroxylation is 3. The molecule has 23 heavy (non-hydrogen) atoms. The molecule has 5 nitrogen and oxygen atoms in total. The van der Waals surface area contributed by atoms with Crippen LogP contribution in [0.2, 0.25) is 0 Å². The first kappa shape index (κ1) is 16.0. The standard InChI is InChI=1S/C18H24N4O/c1-14-10-19-6-5-16(14)11-22-7-8-23-18(12-22)4-3-17-9-15(2)20-13-21-17/h5-6,9-10,13,18H,3-4,7-8,11-12H2,1-2H3. The number of nitrogens with zero attached hydrogens (tertiary/aromatic N) is 4. The van der Waals surface area contributed by atoms with Crippen molar-refractivity contribution in [2.75, 3.05) is 19.7 Å². The predicted molar refractivity (Wildman–Crippen MR) is 89.1 cm³/mol. The van der Waals surface area contributed by atoms with Crippen molar-refractivity contribution in [3.8, 4) is 0 Å². The van der Waals surface area contributed by atoms with Gasteiger partial charge in [0.25, 0.3) is 0 Å². The summed E-state index contributed by atoms with van der Waals surface area (Å²) in [6, 6.07) is 4.17. The van der Waals surface area contributed by atoms with Gasteiger partial charge < -0.3 is 4.74 Å². The number of pyridine rings is 1. The van der Waals surface area contributed by atoms with Crippen LogP contribution in [0.15, 0.2) is 30.9 Å². The quantitative estimate of drug-likeness (QED) is 0.848. The second kappa shape index (κ2) is 7.62. The van der Waals surface area contributed by atoms with Gasteiger partial charge in [-0.15, -0.1) is 0 Å². The summed E-state index contributed by atoms with van der Waals surface area (Å²) in [5.41, 5.74) is 4.73. The first-order valence-electron chi connectivity index (χ1n) is 8.21. The van der Waals surface area contributed by atoms with Crippen LogP contribution in [0.5, 0.6) is 0 Å². The molecule has 1 unspecified atom stereocenters. The molecule has 5 heteroatoms. The molecule has 1 saturated heterocycles. The van der Waals surface area contributed by atoms with E-state index in [1.165, 1.54) is 11.1 Å². The monoisotopic (exact) mass is 312 g/mol. The third kappa shape index (κ3) is 4.56. The van der Waals surface area contributed by atoms with Crippen molar-refractivity contribution in [1.82, 2.24) is 19.9 Å². The van der Waals surface area contributed by atoms with E-state index in [9.17, 15) is 0 Å². The van der Waals surface area contributed by atoms with Crippen molar-refractivity contribution in [3.63, 3.8) is 0 Å². The molecule has 1 atom stereocenters. The largest absolute Gasteiger partial charge is 0.376 e. The number of morpholine rings is 1. The average Bonchev–Trinajstić information content (AvgIpc) is 2.56. The molecular weight excluding hydrogens is 288 g/mol. The van der Waals surface area contributed by atoms with E-state index in [1.807, 2.05) is 19.3 Å². The molecule has 0 aliphatic carbocycles. The lowest BCUT2D eigenvalue weighted by molar-refractivity contribution is -0.0347. The van der Waals surface area contributed by atoms with Crippen LogP contribution in [-0.4, -0.2) is 45.7 Å². The molecule has 0 amide bonds. The lowest BCUT2D eigenvalue weighted by Crippen LogP contribution is -2.42. The Kier molecular flexibility index (Phi) is 5.31. The van der Waals surface area contributed by atoms with Gasteiger partial charge in [0.1, 0.15) is 6.33 Å².